The molecule has 0 heteroatoms. The van der Waals surface area contributed by atoms with Gasteiger partial charge in [0.05, 0.1) is 0 Å². The third kappa shape index (κ3) is 4.70. The highest BCUT2D eigenvalue weighted by Gasteiger charge is 2.45. The van der Waals surface area contributed by atoms with Gasteiger partial charge in [-0.1, -0.05) is 82.5 Å². The lowest BCUT2D eigenvalue weighted by atomic mass is 9.54. The number of allylic oxidation sites excluding steroid dienone is 10. The summed E-state index contributed by atoms with van der Waals surface area (Å²) in [6, 6.07) is 0. The van der Waals surface area contributed by atoms with E-state index in [1.165, 1.54) is 24.0 Å². The molecule has 23 heavy (non-hydrogen) atoms. The van der Waals surface area contributed by atoms with Crippen molar-refractivity contribution in [3.05, 3.63) is 72.9 Å². The van der Waals surface area contributed by atoms with E-state index < -0.39 is 0 Å². The first-order valence-electron chi connectivity index (χ1n) is 8.77. The zero-order valence-electron chi connectivity index (χ0n) is 15.7. The molecule has 1 atom stereocenters. The SMILES string of the molecule is C=C/C=C(\C=C/C)C1(C(/C=C\C)=C/C=C)CC(C)CC(C)(C)C1. The third-order valence-electron chi connectivity index (χ3n) is 4.77. The van der Waals surface area contributed by atoms with Crippen molar-refractivity contribution in [3.63, 3.8) is 0 Å². The number of hydrogen-bond donors (Lipinski definition) is 0. The second kappa shape index (κ2) is 8.34. The maximum Gasteiger partial charge on any atom is 0.0210 e. The van der Waals surface area contributed by atoms with Gasteiger partial charge in [0.1, 0.15) is 0 Å². The lowest BCUT2D eigenvalue weighted by Crippen LogP contribution is -2.39. The van der Waals surface area contributed by atoms with Crippen molar-refractivity contribution in [3.8, 4) is 0 Å². The molecule has 1 aliphatic carbocycles. The molecule has 0 radical (unpaired) electrons. The molecule has 126 valence electrons. The van der Waals surface area contributed by atoms with Gasteiger partial charge in [-0.15, -0.1) is 0 Å². The fourth-order valence-electron chi connectivity index (χ4n) is 4.54. The van der Waals surface area contributed by atoms with E-state index >= 15 is 0 Å². The first-order chi connectivity index (χ1) is 10.8. The molecule has 0 amide bonds. The second-order valence-electron chi connectivity index (χ2n) is 7.65. The van der Waals surface area contributed by atoms with Gasteiger partial charge in [0.15, 0.2) is 0 Å². The Morgan fingerprint density at radius 3 is 1.74 bits per heavy atom. The van der Waals surface area contributed by atoms with Gasteiger partial charge in [-0.2, -0.15) is 0 Å². The van der Waals surface area contributed by atoms with Gasteiger partial charge in [-0.25, -0.2) is 0 Å². The maximum absolute atomic E-state index is 3.95. The van der Waals surface area contributed by atoms with E-state index in [4.69, 9.17) is 0 Å². The van der Waals surface area contributed by atoms with Crippen LogP contribution in [0.4, 0.5) is 0 Å². The minimum atomic E-state index is 0.0303. The first-order valence-corrected chi connectivity index (χ1v) is 8.77. The van der Waals surface area contributed by atoms with Crippen LogP contribution in [0.1, 0.15) is 53.9 Å². The van der Waals surface area contributed by atoms with Crippen LogP contribution in [-0.2, 0) is 0 Å². The molecule has 1 unspecified atom stereocenters. The Bertz CT molecular complexity index is 500. The van der Waals surface area contributed by atoms with Crippen LogP contribution in [0.5, 0.6) is 0 Å². The summed E-state index contributed by atoms with van der Waals surface area (Å²) >= 11 is 0. The molecule has 0 aromatic heterocycles. The molecule has 0 heterocycles. The van der Waals surface area contributed by atoms with Crippen molar-refractivity contribution in [2.45, 2.75) is 53.9 Å². The van der Waals surface area contributed by atoms with Crippen molar-refractivity contribution < 1.29 is 0 Å². The summed E-state index contributed by atoms with van der Waals surface area (Å²) in [6.45, 7) is 19.3. The smallest absolute Gasteiger partial charge is 0.0210 e. The molecule has 0 aromatic carbocycles. The molecule has 1 fully saturated rings. The molecular formula is C23H34. The quantitative estimate of drug-likeness (QED) is 0.455. The minimum Gasteiger partial charge on any atom is -0.0991 e. The highest BCUT2D eigenvalue weighted by Crippen LogP contribution is 2.56. The van der Waals surface area contributed by atoms with Crippen LogP contribution >= 0.6 is 0 Å². The molecule has 0 spiro atoms. The molecule has 0 N–H and O–H groups in total. The van der Waals surface area contributed by atoms with E-state index in [0.717, 1.165) is 6.42 Å². The van der Waals surface area contributed by atoms with Gasteiger partial charge in [0.25, 0.3) is 0 Å². The topological polar surface area (TPSA) is 0 Å². The van der Waals surface area contributed by atoms with Crippen molar-refractivity contribution in [2.75, 3.05) is 0 Å². The molecule has 0 nitrogen and oxygen atoms in total. The van der Waals surface area contributed by atoms with E-state index in [0.29, 0.717) is 11.3 Å². The van der Waals surface area contributed by atoms with Crippen molar-refractivity contribution >= 4 is 0 Å². The van der Waals surface area contributed by atoms with Crippen molar-refractivity contribution in [1.82, 2.24) is 0 Å². The molecule has 1 saturated carbocycles. The first kappa shape index (κ1) is 19.5. The molecule has 0 aromatic rings. The van der Waals surface area contributed by atoms with Crippen LogP contribution in [-0.4, -0.2) is 0 Å². The summed E-state index contributed by atoms with van der Waals surface area (Å²) in [7, 11) is 0. The fourth-order valence-corrected chi connectivity index (χ4v) is 4.54. The van der Waals surface area contributed by atoms with Gasteiger partial charge in [-0.05, 0) is 55.6 Å². The summed E-state index contributed by atoms with van der Waals surface area (Å²) < 4.78 is 0. The number of rotatable bonds is 6. The average Bonchev–Trinajstić information content (AvgIpc) is 2.44. The Hall–Kier alpha value is -1.56. The molecule has 1 aliphatic rings. The summed E-state index contributed by atoms with van der Waals surface area (Å²) in [5.41, 5.74) is 3.07. The van der Waals surface area contributed by atoms with Gasteiger partial charge in [0.2, 0.25) is 0 Å². The molecule has 0 bridgehead atoms. The second-order valence-corrected chi connectivity index (χ2v) is 7.65. The van der Waals surface area contributed by atoms with Gasteiger partial charge in [0, 0.05) is 5.41 Å². The normalized spacial score (nSPS) is 29.2. The zero-order valence-corrected chi connectivity index (χ0v) is 15.7. The summed E-state index contributed by atoms with van der Waals surface area (Å²) in [6.07, 6.45) is 20.6. The lowest BCUT2D eigenvalue weighted by molar-refractivity contribution is 0.103. The standard InChI is InChI=1S/C23H34/c1-8-12-20(13-9-2)23(21(14-10-3)15-11-4)17-19(5)16-22(6,7)18-23/h8-15,19H,1,3,16-18H2,2,4-7H3/b13-9-,15-11-,20-12+,21-14+. The van der Waals surface area contributed by atoms with Crippen molar-refractivity contribution in [1.29, 1.82) is 0 Å². The van der Waals surface area contributed by atoms with Crippen LogP contribution in [0.3, 0.4) is 0 Å². The average molecular weight is 311 g/mol. The van der Waals surface area contributed by atoms with E-state index in [1.807, 2.05) is 12.2 Å². The maximum atomic E-state index is 3.95. The fraction of sp³-hybridized carbons (Fsp3) is 0.478. The predicted octanol–water partition coefficient (Wildman–Crippen LogP) is 7.20. The lowest BCUT2D eigenvalue weighted by Gasteiger charge is -2.49. The van der Waals surface area contributed by atoms with Crippen LogP contribution < -0.4 is 0 Å². The Balaban J connectivity index is 3.64. The summed E-state index contributed by atoms with van der Waals surface area (Å²) in [5, 5.41) is 0. The highest BCUT2D eigenvalue weighted by atomic mass is 14.5. The van der Waals surface area contributed by atoms with Crippen LogP contribution in [0, 0.1) is 16.7 Å². The Labute approximate surface area is 144 Å². The van der Waals surface area contributed by atoms with E-state index in [-0.39, 0.29) is 5.41 Å². The summed E-state index contributed by atoms with van der Waals surface area (Å²) in [5.74, 6) is 0.690. The van der Waals surface area contributed by atoms with E-state index in [9.17, 15) is 0 Å². The highest BCUT2D eigenvalue weighted by molar-refractivity contribution is 5.45. The third-order valence-corrected chi connectivity index (χ3v) is 4.77. The monoisotopic (exact) mass is 310 g/mol. The minimum absolute atomic E-state index is 0.0303. The zero-order chi connectivity index (χ0) is 17.5. The predicted molar refractivity (Wildman–Crippen MR) is 105 cm³/mol. The van der Waals surface area contributed by atoms with E-state index in [1.54, 1.807) is 0 Å². The molecule has 1 rings (SSSR count). The van der Waals surface area contributed by atoms with Gasteiger partial charge < -0.3 is 0 Å². The van der Waals surface area contributed by atoms with Gasteiger partial charge in [-0.3, -0.25) is 0 Å². The Kier molecular flexibility index (Phi) is 7.06. The van der Waals surface area contributed by atoms with Gasteiger partial charge >= 0.3 is 0 Å². The van der Waals surface area contributed by atoms with Crippen LogP contribution in [0.2, 0.25) is 0 Å². The van der Waals surface area contributed by atoms with Crippen LogP contribution in [0.25, 0.3) is 0 Å². The summed E-state index contributed by atoms with van der Waals surface area (Å²) in [4.78, 5) is 0. The Morgan fingerprint density at radius 2 is 1.39 bits per heavy atom. The molecule has 0 saturated heterocycles. The van der Waals surface area contributed by atoms with Crippen molar-refractivity contribution in [2.24, 2.45) is 16.7 Å². The molecule has 0 aliphatic heterocycles. The number of hydrogen-bond acceptors (Lipinski definition) is 0. The molecular weight excluding hydrogens is 276 g/mol. The Morgan fingerprint density at radius 1 is 0.913 bits per heavy atom. The largest absolute Gasteiger partial charge is 0.0991 e. The van der Waals surface area contributed by atoms with Crippen LogP contribution in [0.15, 0.2) is 72.9 Å². The van der Waals surface area contributed by atoms with E-state index in [2.05, 4.69) is 84.2 Å².